The molecule has 0 aromatic carbocycles. The Bertz CT molecular complexity index is 1320. The number of aromatic amines is 1. The number of aliphatic hydroxyl groups excluding tert-OH is 1. The zero-order valence-electron chi connectivity index (χ0n) is 17.2. The van der Waals surface area contributed by atoms with Crippen molar-refractivity contribution in [2.75, 3.05) is 12.3 Å². The highest BCUT2D eigenvalue weighted by Gasteiger charge is 2.49. The molecule has 1 saturated heterocycles. The average Bonchev–Trinajstić information content (AvgIpc) is 3.19. The van der Waals surface area contributed by atoms with Crippen LogP contribution >= 0.6 is 23.5 Å². The summed E-state index contributed by atoms with van der Waals surface area (Å²) >= 11 is 0. The second-order valence-electron chi connectivity index (χ2n) is 6.79. The molecule has 1 aliphatic heterocycles. The molecule has 0 bridgehead atoms. The van der Waals surface area contributed by atoms with Gasteiger partial charge in [-0.2, -0.15) is 13.6 Å². The average molecular weight is 565 g/mol. The molecule has 20 nitrogen and oxygen atoms in total. The summed E-state index contributed by atoms with van der Waals surface area (Å²) in [6.07, 6.45) is -5.16. The van der Waals surface area contributed by atoms with Crippen LogP contribution in [0.1, 0.15) is 13.2 Å². The van der Waals surface area contributed by atoms with Gasteiger partial charge in [0.2, 0.25) is 5.95 Å². The van der Waals surface area contributed by atoms with E-state index in [1.807, 2.05) is 0 Å². The third-order valence-corrected chi connectivity index (χ3v) is 7.96. The van der Waals surface area contributed by atoms with Crippen LogP contribution in [0.15, 0.2) is 11.1 Å². The summed E-state index contributed by atoms with van der Waals surface area (Å²) in [5.41, 5.74) is 4.50. The molecule has 6 atom stereocenters. The van der Waals surface area contributed by atoms with E-state index in [1.54, 1.807) is 0 Å². The molecule has 2 aromatic rings. The quantitative estimate of drug-likeness (QED) is 0.131. The van der Waals surface area contributed by atoms with Gasteiger partial charge >= 0.3 is 29.4 Å². The topological polar surface area (TPSA) is 305 Å². The SMILES string of the molecule is CC(=O)OC1C(O)C(COP(=O)(O)OP(=O)(O)OP(=O)(O)O)OC1n1cnc2c(=O)[nH]c(N)nc21. The second-order valence-corrected chi connectivity index (χ2v) is 11.2. The molecule has 0 saturated carbocycles. The Balaban J connectivity index is 1.82. The number of aromatic nitrogens is 4. The maximum Gasteiger partial charge on any atom is 0.490 e. The van der Waals surface area contributed by atoms with Crippen LogP contribution in [0.25, 0.3) is 11.2 Å². The van der Waals surface area contributed by atoms with Gasteiger partial charge in [-0.3, -0.25) is 23.7 Å². The van der Waals surface area contributed by atoms with Crippen LogP contribution in [0.4, 0.5) is 5.95 Å². The molecule has 0 radical (unpaired) electrons. The highest BCUT2D eigenvalue weighted by Crippen LogP contribution is 2.66. The largest absolute Gasteiger partial charge is 0.490 e. The molecule has 0 amide bonds. The molecule has 0 aliphatic carbocycles. The summed E-state index contributed by atoms with van der Waals surface area (Å²) in [5, 5.41) is 10.6. The smallest absolute Gasteiger partial charge is 0.455 e. The van der Waals surface area contributed by atoms with E-state index in [2.05, 4.69) is 28.1 Å². The maximum atomic E-state index is 12.0. The zero-order valence-corrected chi connectivity index (χ0v) is 19.9. The monoisotopic (exact) mass is 565 g/mol. The van der Waals surface area contributed by atoms with Crippen LogP contribution in [0, 0.1) is 0 Å². The number of nitrogens with two attached hydrogens (primary N) is 1. The number of nitrogens with zero attached hydrogens (tertiary/aromatic N) is 3. The Morgan fingerprint density at radius 1 is 1.23 bits per heavy atom. The predicted octanol–water partition coefficient (Wildman–Crippen LogP) is -1.76. The molecule has 2 aromatic heterocycles. The number of ether oxygens (including phenoxy) is 2. The van der Waals surface area contributed by atoms with Crippen LogP contribution in [0.2, 0.25) is 0 Å². The van der Waals surface area contributed by atoms with E-state index in [0.717, 1.165) is 17.8 Å². The lowest BCUT2D eigenvalue weighted by molar-refractivity contribution is -0.155. The Kier molecular flexibility index (Phi) is 7.69. The fraction of sp³-hybridized carbons (Fsp3) is 0.500. The molecule has 6 unspecified atom stereocenters. The molecule has 3 heterocycles. The molecule has 35 heavy (non-hydrogen) atoms. The molecule has 0 spiro atoms. The summed E-state index contributed by atoms with van der Waals surface area (Å²) in [7, 11) is -16.9. The van der Waals surface area contributed by atoms with Gasteiger partial charge in [0.25, 0.3) is 5.56 Å². The standard InChI is InChI=1S/C12H18N5O15P3/c1-4(18)29-8-7(19)5(2-28-34(24,25)32-35(26,27)31-33(21,22)23)30-11(8)17-3-14-6-9(17)15-12(13)16-10(6)20/h3,5,7-8,11,19H,2H2,1H3,(H,24,25)(H,26,27)(H2,21,22,23)(H3,13,15,16,20). The molecule has 1 aliphatic rings. The van der Waals surface area contributed by atoms with Crippen LogP contribution in [-0.2, 0) is 41.1 Å². The van der Waals surface area contributed by atoms with E-state index < -0.39 is 66.1 Å². The highest BCUT2D eigenvalue weighted by atomic mass is 31.3. The first-order valence-electron chi connectivity index (χ1n) is 8.99. The predicted molar refractivity (Wildman–Crippen MR) is 108 cm³/mol. The Hall–Kier alpha value is -2.05. The summed E-state index contributed by atoms with van der Waals surface area (Å²) in [6, 6.07) is 0. The van der Waals surface area contributed by atoms with Gasteiger partial charge in [0.15, 0.2) is 23.5 Å². The number of aliphatic hydroxyl groups is 1. The van der Waals surface area contributed by atoms with Crippen LogP contribution in [-0.4, -0.2) is 75.1 Å². The normalized spacial score (nSPS) is 26.3. The van der Waals surface area contributed by atoms with Crippen LogP contribution in [0.3, 0.4) is 0 Å². The Labute approximate surface area is 193 Å². The van der Waals surface area contributed by atoms with Gasteiger partial charge in [-0.1, -0.05) is 0 Å². The van der Waals surface area contributed by atoms with Crippen molar-refractivity contribution < 1.29 is 65.8 Å². The summed E-state index contributed by atoms with van der Waals surface area (Å²) < 4.78 is 57.4. The molecule has 1 fully saturated rings. The maximum absolute atomic E-state index is 12.0. The van der Waals surface area contributed by atoms with E-state index in [-0.39, 0.29) is 17.1 Å². The Morgan fingerprint density at radius 2 is 1.89 bits per heavy atom. The number of hydrogen-bond acceptors (Lipinski definition) is 14. The number of esters is 1. The van der Waals surface area contributed by atoms with Gasteiger partial charge < -0.3 is 39.9 Å². The van der Waals surface area contributed by atoms with Gasteiger partial charge in [-0.25, -0.2) is 18.7 Å². The number of nitrogen functional groups attached to an aromatic ring is 1. The van der Waals surface area contributed by atoms with Crippen molar-refractivity contribution in [3.05, 3.63) is 16.7 Å². The minimum Gasteiger partial charge on any atom is -0.455 e. The molecule has 3 rings (SSSR count). The summed E-state index contributed by atoms with van der Waals surface area (Å²) in [5.74, 6) is -1.16. The molecule has 8 N–H and O–H groups in total. The third kappa shape index (κ3) is 6.79. The number of imidazole rings is 1. The van der Waals surface area contributed by atoms with Gasteiger partial charge in [0.05, 0.1) is 12.9 Å². The number of nitrogens with one attached hydrogen (secondary N) is 1. The van der Waals surface area contributed by atoms with Crippen molar-refractivity contribution in [2.24, 2.45) is 0 Å². The first-order valence-corrected chi connectivity index (χ1v) is 13.5. The zero-order chi connectivity index (χ0) is 26.3. The summed E-state index contributed by atoms with van der Waals surface area (Å²) in [6.45, 7) is -0.0297. The van der Waals surface area contributed by atoms with Crippen molar-refractivity contribution in [3.8, 4) is 0 Å². The minimum atomic E-state index is -5.77. The number of fused-ring (bicyclic) bond motifs is 1. The lowest BCUT2D eigenvalue weighted by Crippen LogP contribution is -2.36. The van der Waals surface area contributed by atoms with E-state index in [4.69, 9.17) is 25.0 Å². The number of phosphoric acid groups is 3. The van der Waals surface area contributed by atoms with Crippen molar-refractivity contribution in [1.29, 1.82) is 0 Å². The molecule has 196 valence electrons. The number of anilines is 1. The lowest BCUT2D eigenvalue weighted by Gasteiger charge is -2.21. The molecular weight excluding hydrogens is 547 g/mol. The fourth-order valence-electron chi connectivity index (χ4n) is 3.00. The summed E-state index contributed by atoms with van der Waals surface area (Å²) in [4.78, 5) is 69.4. The number of rotatable bonds is 9. The van der Waals surface area contributed by atoms with E-state index in [9.17, 15) is 38.2 Å². The van der Waals surface area contributed by atoms with Crippen molar-refractivity contribution >= 4 is 46.5 Å². The second kappa shape index (κ2) is 9.78. The third-order valence-electron chi connectivity index (χ3n) is 4.16. The van der Waals surface area contributed by atoms with Gasteiger partial charge in [-0.15, -0.1) is 0 Å². The van der Waals surface area contributed by atoms with E-state index in [0.29, 0.717) is 0 Å². The van der Waals surface area contributed by atoms with E-state index in [1.165, 1.54) is 0 Å². The first kappa shape index (κ1) is 27.5. The highest BCUT2D eigenvalue weighted by molar-refractivity contribution is 7.66. The number of phosphoric ester groups is 1. The van der Waals surface area contributed by atoms with Crippen molar-refractivity contribution in [1.82, 2.24) is 19.5 Å². The van der Waals surface area contributed by atoms with Gasteiger partial charge in [0.1, 0.15) is 12.2 Å². The van der Waals surface area contributed by atoms with E-state index >= 15 is 0 Å². The van der Waals surface area contributed by atoms with Gasteiger partial charge in [-0.05, 0) is 0 Å². The van der Waals surface area contributed by atoms with Gasteiger partial charge in [0, 0.05) is 6.92 Å². The van der Waals surface area contributed by atoms with Crippen molar-refractivity contribution in [2.45, 2.75) is 31.5 Å². The number of H-pyrrole nitrogens is 1. The number of carbonyl (C=O) groups is 1. The number of carbonyl (C=O) groups excluding carboxylic acids is 1. The van der Waals surface area contributed by atoms with Crippen molar-refractivity contribution in [3.63, 3.8) is 0 Å². The lowest BCUT2D eigenvalue weighted by atomic mass is 10.1. The minimum absolute atomic E-state index is 0.130. The molecule has 23 heteroatoms. The molecular formula is C12H18N5O15P3. The Morgan fingerprint density at radius 3 is 2.49 bits per heavy atom. The van der Waals surface area contributed by atoms with Crippen LogP contribution in [0.5, 0.6) is 0 Å². The first-order chi connectivity index (χ1) is 16.0. The van der Waals surface area contributed by atoms with Crippen LogP contribution < -0.4 is 11.3 Å². The number of hydrogen-bond donors (Lipinski definition) is 7. The fourth-order valence-corrected chi connectivity index (χ4v) is 6.03.